The van der Waals surface area contributed by atoms with Crippen LogP contribution in [0.2, 0.25) is 0 Å². The molecule has 0 saturated carbocycles. The molecule has 0 aliphatic carbocycles. The summed E-state index contributed by atoms with van der Waals surface area (Å²) >= 11 is 0. The van der Waals surface area contributed by atoms with Crippen molar-refractivity contribution in [3.63, 3.8) is 0 Å². The molecular formula is C14H22O. The second kappa shape index (κ2) is 4.26. The van der Waals surface area contributed by atoms with Gasteiger partial charge in [-0.15, -0.1) is 0 Å². The van der Waals surface area contributed by atoms with Gasteiger partial charge in [0.05, 0.1) is 6.10 Å². The fourth-order valence-corrected chi connectivity index (χ4v) is 1.81. The van der Waals surface area contributed by atoms with Crippen LogP contribution in [-0.2, 0) is 5.41 Å². The number of rotatable bonds is 2. The largest absolute Gasteiger partial charge is 0.491 e. The number of benzene rings is 1. The normalized spacial score (nSPS) is 11.9. The van der Waals surface area contributed by atoms with Crippen LogP contribution in [0.15, 0.2) is 18.2 Å². The highest BCUT2D eigenvalue weighted by Crippen LogP contribution is 2.31. The first-order chi connectivity index (χ1) is 6.82. The summed E-state index contributed by atoms with van der Waals surface area (Å²) in [5.74, 6) is 1.01. The topological polar surface area (TPSA) is 9.23 Å². The first-order valence-electron chi connectivity index (χ1n) is 5.59. The molecular weight excluding hydrogens is 184 g/mol. The predicted octanol–water partition coefficient (Wildman–Crippen LogP) is 4.08. The van der Waals surface area contributed by atoms with Gasteiger partial charge in [-0.3, -0.25) is 0 Å². The lowest BCUT2D eigenvalue weighted by atomic mass is 9.84. The molecule has 84 valence electrons. The van der Waals surface area contributed by atoms with E-state index in [-0.39, 0.29) is 11.5 Å². The summed E-state index contributed by atoms with van der Waals surface area (Å²) < 4.78 is 5.78. The maximum Gasteiger partial charge on any atom is 0.122 e. The van der Waals surface area contributed by atoms with E-state index in [1.807, 2.05) is 6.07 Å². The molecule has 1 aromatic rings. The van der Waals surface area contributed by atoms with Gasteiger partial charge in [-0.25, -0.2) is 0 Å². The summed E-state index contributed by atoms with van der Waals surface area (Å²) in [6.07, 6.45) is 0.235. The first kappa shape index (κ1) is 12.1. The van der Waals surface area contributed by atoms with E-state index < -0.39 is 0 Å². The molecule has 0 aliphatic heterocycles. The highest BCUT2D eigenvalue weighted by atomic mass is 16.5. The maximum absolute atomic E-state index is 5.78. The van der Waals surface area contributed by atoms with Crippen LogP contribution in [0.4, 0.5) is 0 Å². The first-order valence-corrected chi connectivity index (χ1v) is 5.59. The van der Waals surface area contributed by atoms with Crippen molar-refractivity contribution in [2.75, 3.05) is 0 Å². The van der Waals surface area contributed by atoms with Gasteiger partial charge in [-0.2, -0.15) is 0 Å². The van der Waals surface area contributed by atoms with Crippen LogP contribution in [0.25, 0.3) is 0 Å². The molecule has 1 rings (SSSR count). The zero-order chi connectivity index (χ0) is 11.6. The zero-order valence-corrected chi connectivity index (χ0v) is 10.7. The third kappa shape index (κ3) is 2.98. The van der Waals surface area contributed by atoms with Crippen LogP contribution < -0.4 is 4.74 Å². The lowest BCUT2D eigenvalue weighted by Gasteiger charge is -2.24. The molecule has 0 spiro atoms. The Labute approximate surface area is 93.5 Å². The van der Waals surface area contributed by atoms with Crippen molar-refractivity contribution in [3.05, 3.63) is 29.3 Å². The molecule has 15 heavy (non-hydrogen) atoms. The van der Waals surface area contributed by atoms with E-state index in [0.29, 0.717) is 0 Å². The van der Waals surface area contributed by atoms with Crippen LogP contribution in [0.5, 0.6) is 5.75 Å². The average Bonchev–Trinajstić information content (AvgIpc) is 2.05. The van der Waals surface area contributed by atoms with Crippen LogP contribution in [-0.4, -0.2) is 6.10 Å². The van der Waals surface area contributed by atoms with Crippen LogP contribution in [0.3, 0.4) is 0 Å². The molecule has 1 heteroatoms. The molecule has 1 nitrogen and oxygen atoms in total. The Morgan fingerprint density at radius 3 is 2.20 bits per heavy atom. The Kier molecular flexibility index (Phi) is 3.43. The molecule has 0 fully saturated rings. The predicted molar refractivity (Wildman–Crippen MR) is 65.6 cm³/mol. The lowest BCUT2D eigenvalue weighted by molar-refractivity contribution is 0.240. The van der Waals surface area contributed by atoms with Crippen LogP contribution in [0.1, 0.15) is 45.7 Å². The summed E-state index contributed by atoms with van der Waals surface area (Å²) in [6.45, 7) is 12.9. The Balaban J connectivity index is 3.12. The van der Waals surface area contributed by atoms with Crippen molar-refractivity contribution in [3.8, 4) is 5.75 Å². The minimum absolute atomic E-state index is 0.181. The zero-order valence-electron chi connectivity index (χ0n) is 10.7. The molecule has 0 unspecified atom stereocenters. The smallest absolute Gasteiger partial charge is 0.122 e. The van der Waals surface area contributed by atoms with Crippen molar-refractivity contribution in [2.24, 2.45) is 0 Å². The monoisotopic (exact) mass is 206 g/mol. The van der Waals surface area contributed by atoms with Crippen molar-refractivity contribution in [2.45, 2.75) is 53.1 Å². The molecule has 0 saturated heterocycles. The second-order valence-corrected chi connectivity index (χ2v) is 5.35. The van der Waals surface area contributed by atoms with Crippen LogP contribution in [0, 0.1) is 6.92 Å². The number of hydrogen-bond donors (Lipinski definition) is 0. The summed E-state index contributed by atoms with van der Waals surface area (Å²) in [7, 11) is 0. The SMILES string of the molecule is Cc1c(OC(C)C)cccc1C(C)(C)C. The van der Waals surface area contributed by atoms with Gasteiger partial charge < -0.3 is 4.74 Å². The van der Waals surface area contributed by atoms with Gasteiger partial charge in [-0.05, 0) is 43.4 Å². The molecule has 0 bridgehead atoms. The number of hydrogen-bond acceptors (Lipinski definition) is 1. The molecule has 0 atom stereocenters. The maximum atomic E-state index is 5.78. The molecule has 0 N–H and O–H groups in total. The van der Waals surface area contributed by atoms with Gasteiger partial charge in [0, 0.05) is 0 Å². The van der Waals surface area contributed by atoms with Gasteiger partial charge >= 0.3 is 0 Å². The lowest BCUT2D eigenvalue weighted by Crippen LogP contribution is -2.15. The molecule has 0 radical (unpaired) electrons. The van der Waals surface area contributed by atoms with E-state index >= 15 is 0 Å². The summed E-state index contributed by atoms with van der Waals surface area (Å²) in [5, 5.41) is 0. The molecule has 1 aromatic carbocycles. The Hall–Kier alpha value is -0.980. The molecule has 0 amide bonds. The fraction of sp³-hybridized carbons (Fsp3) is 0.571. The van der Waals surface area contributed by atoms with E-state index in [9.17, 15) is 0 Å². The van der Waals surface area contributed by atoms with Gasteiger partial charge in [0.15, 0.2) is 0 Å². The van der Waals surface area contributed by atoms with Crippen LogP contribution >= 0.6 is 0 Å². The van der Waals surface area contributed by atoms with E-state index in [4.69, 9.17) is 4.74 Å². The highest BCUT2D eigenvalue weighted by molar-refractivity contribution is 5.42. The van der Waals surface area contributed by atoms with Crippen molar-refractivity contribution in [1.82, 2.24) is 0 Å². The van der Waals surface area contributed by atoms with Gasteiger partial charge in [-0.1, -0.05) is 32.9 Å². The van der Waals surface area contributed by atoms with Gasteiger partial charge in [0.2, 0.25) is 0 Å². The number of ether oxygens (including phenoxy) is 1. The second-order valence-electron chi connectivity index (χ2n) is 5.35. The third-order valence-electron chi connectivity index (χ3n) is 2.45. The van der Waals surface area contributed by atoms with Gasteiger partial charge in [0.1, 0.15) is 5.75 Å². The third-order valence-corrected chi connectivity index (χ3v) is 2.45. The van der Waals surface area contributed by atoms with Crippen molar-refractivity contribution in [1.29, 1.82) is 0 Å². The fourth-order valence-electron chi connectivity index (χ4n) is 1.81. The van der Waals surface area contributed by atoms with E-state index in [1.165, 1.54) is 11.1 Å². The summed E-state index contributed by atoms with van der Waals surface area (Å²) in [6, 6.07) is 6.30. The minimum atomic E-state index is 0.181. The van der Waals surface area contributed by atoms with E-state index in [1.54, 1.807) is 0 Å². The van der Waals surface area contributed by atoms with Gasteiger partial charge in [0.25, 0.3) is 0 Å². The Morgan fingerprint density at radius 1 is 1.13 bits per heavy atom. The Morgan fingerprint density at radius 2 is 1.73 bits per heavy atom. The minimum Gasteiger partial charge on any atom is -0.491 e. The molecule has 0 heterocycles. The molecule has 0 aliphatic rings. The molecule has 0 aromatic heterocycles. The van der Waals surface area contributed by atoms with Crippen molar-refractivity contribution >= 4 is 0 Å². The van der Waals surface area contributed by atoms with E-state index in [2.05, 4.69) is 53.7 Å². The summed E-state index contributed by atoms with van der Waals surface area (Å²) in [4.78, 5) is 0. The average molecular weight is 206 g/mol. The standard InChI is InChI=1S/C14H22O/c1-10(2)15-13-9-7-8-12(11(13)3)14(4,5)6/h7-10H,1-6H3. The van der Waals surface area contributed by atoms with E-state index in [0.717, 1.165) is 5.75 Å². The highest BCUT2D eigenvalue weighted by Gasteiger charge is 2.18. The quantitative estimate of drug-likeness (QED) is 0.708. The Bertz CT molecular complexity index is 332. The van der Waals surface area contributed by atoms with Crippen molar-refractivity contribution < 1.29 is 4.74 Å². The summed E-state index contributed by atoms with van der Waals surface area (Å²) in [5.41, 5.74) is 2.81.